The molecule has 0 aromatic rings. The number of hydrogen-bond donors (Lipinski definition) is 2. The molecule has 0 heterocycles. The maximum Gasteiger partial charge on any atom is 0.0697 e. The Kier molecular flexibility index (Phi) is 3.30. The zero-order chi connectivity index (χ0) is 10.8. The van der Waals surface area contributed by atoms with E-state index in [0.717, 1.165) is 13.2 Å². The van der Waals surface area contributed by atoms with Crippen LogP contribution < -0.4 is 0 Å². The SMILES string of the molecule is OCCOCC12CC(COCCO)(C1)C2. The van der Waals surface area contributed by atoms with Crippen LogP contribution in [-0.4, -0.2) is 49.9 Å². The van der Waals surface area contributed by atoms with Crippen LogP contribution in [0.15, 0.2) is 0 Å². The quantitative estimate of drug-likeness (QED) is 0.568. The van der Waals surface area contributed by atoms with Gasteiger partial charge in [-0.3, -0.25) is 0 Å². The van der Waals surface area contributed by atoms with Crippen LogP contribution in [0.3, 0.4) is 0 Å². The summed E-state index contributed by atoms with van der Waals surface area (Å²) in [7, 11) is 0. The van der Waals surface area contributed by atoms with Crippen LogP contribution in [-0.2, 0) is 9.47 Å². The molecule has 3 rings (SSSR count). The molecule has 3 saturated carbocycles. The molecular weight excluding hydrogens is 196 g/mol. The molecule has 0 aliphatic heterocycles. The monoisotopic (exact) mass is 216 g/mol. The topological polar surface area (TPSA) is 58.9 Å². The molecule has 0 aromatic carbocycles. The first-order valence-corrected chi connectivity index (χ1v) is 5.62. The number of aliphatic hydroxyl groups excluding tert-OH is 2. The Labute approximate surface area is 90.2 Å². The largest absolute Gasteiger partial charge is 0.394 e. The Bertz CT molecular complexity index is 177. The number of hydrogen-bond acceptors (Lipinski definition) is 4. The fourth-order valence-electron chi connectivity index (χ4n) is 3.24. The summed E-state index contributed by atoms with van der Waals surface area (Å²) in [5.41, 5.74) is 0.801. The average Bonchev–Trinajstić information content (AvgIpc) is 2.11. The minimum Gasteiger partial charge on any atom is -0.394 e. The summed E-state index contributed by atoms with van der Waals surface area (Å²) in [6.45, 7) is 2.71. The molecule has 3 aliphatic rings. The summed E-state index contributed by atoms with van der Waals surface area (Å²) < 4.78 is 10.7. The lowest BCUT2D eigenvalue weighted by atomic mass is 9.35. The molecule has 0 amide bonds. The maximum atomic E-state index is 8.59. The Morgan fingerprint density at radius 2 is 1.20 bits per heavy atom. The van der Waals surface area contributed by atoms with Gasteiger partial charge in [0.05, 0.1) is 39.6 Å². The van der Waals surface area contributed by atoms with Crippen molar-refractivity contribution in [3.8, 4) is 0 Å². The molecule has 88 valence electrons. The van der Waals surface area contributed by atoms with Gasteiger partial charge in [0.1, 0.15) is 0 Å². The van der Waals surface area contributed by atoms with Crippen molar-refractivity contribution in [1.82, 2.24) is 0 Å². The van der Waals surface area contributed by atoms with Crippen LogP contribution in [0.2, 0.25) is 0 Å². The first-order chi connectivity index (χ1) is 7.24. The van der Waals surface area contributed by atoms with Gasteiger partial charge < -0.3 is 19.7 Å². The molecule has 0 aromatic heterocycles. The van der Waals surface area contributed by atoms with Crippen LogP contribution in [0.5, 0.6) is 0 Å². The van der Waals surface area contributed by atoms with Crippen molar-refractivity contribution in [2.24, 2.45) is 10.8 Å². The molecule has 0 radical (unpaired) electrons. The van der Waals surface area contributed by atoms with Crippen molar-refractivity contribution >= 4 is 0 Å². The highest BCUT2D eigenvalue weighted by atomic mass is 16.5. The van der Waals surface area contributed by atoms with Crippen molar-refractivity contribution in [2.45, 2.75) is 19.3 Å². The predicted molar refractivity (Wildman–Crippen MR) is 54.5 cm³/mol. The third-order valence-electron chi connectivity index (χ3n) is 3.54. The fourth-order valence-corrected chi connectivity index (χ4v) is 3.24. The highest BCUT2D eigenvalue weighted by Crippen LogP contribution is 2.73. The summed E-state index contributed by atoms with van der Waals surface area (Å²) in [5.74, 6) is 0. The van der Waals surface area contributed by atoms with Crippen LogP contribution in [0, 0.1) is 10.8 Å². The fraction of sp³-hybridized carbons (Fsp3) is 1.00. The van der Waals surface area contributed by atoms with E-state index in [4.69, 9.17) is 19.7 Å². The van der Waals surface area contributed by atoms with Gasteiger partial charge in [-0.05, 0) is 30.1 Å². The van der Waals surface area contributed by atoms with E-state index >= 15 is 0 Å². The van der Waals surface area contributed by atoms with Crippen molar-refractivity contribution < 1.29 is 19.7 Å². The van der Waals surface area contributed by atoms with Gasteiger partial charge in [0.2, 0.25) is 0 Å². The van der Waals surface area contributed by atoms with Gasteiger partial charge in [-0.1, -0.05) is 0 Å². The second-order valence-corrected chi connectivity index (χ2v) is 5.08. The van der Waals surface area contributed by atoms with E-state index in [-0.39, 0.29) is 13.2 Å². The minimum absolute atomic E-state index is 0.112. The number of ether oxygens (including phenoxy) is 2. The van der Waals surface area contributed by atoms with E-state index in [9.17, 15) is 0 Å². The molecule has 3 aliphatic carbocycles. The third kappa shape index (κ3) is 2.18. The standard InChI is InChI=1S/C11H20O4/c12-1-3-14-8-10-5-11(6-10,7-10)9-15-4-2-13/h12-13H,1-9H2. The van der Waals surface area contributed by atoms with Crippen molar-refractivity contribution in [2.75, 3.05) is 39.6 Å². The van der Waals surface area contributed by atoms with Crippen LogP contribution >= 0.6 is 0 Å². The van der Waals surface area contributed by atoms with E-state index in [1.807, 2.05) is 0 Å². The first-order valence-electron chi connectivity index (χ1n) is 5.62. The Morgan fingerprint density at radius 3 is 1.53 bits per heavy atom. The van der Waals surface area contributed by atoms with Crippen molar-refractivity contribution in [3.05, 3.63) is 0 Å². The summed E-state index contributed by atoms with van der Waals surface area (Å²) >= 11 is 0. The maximum absolute atomic E-state index is 8.59. The highest BCUT2D eigenvalue weighted by molar-refractivity contribution is 5.16. The molecule has 3 fully saturated rings. The summed E-state index contributed by atoms with van der Waals surface area (Å²) in [5, 5.41) is 17.2. The molecular formula is C11H20O4. The van der Waals surface area contributed by atoms with Gasteiger partial charge in [0, 0.05) is 0 Å². The third-order valence-corrected chi connectivity index (χ3v) is 3.54. The molecule has 0 atom stereocenters. The van der Waals surface area contributed by atoms with Crippen molar-refractivity contribution in [1.29, 1.82) is 0 Å². The minimum atomic E-state index is 0.112. The molecule has 0 unspecified atom stereocenters. The summed E-state index contributed by atoms with van der Waals surface area (Å²) in [6.07, 6.45) is 3.57. The van der Waals surface area contributed by atoms with Gasteiger partial charge in [0.15, 0.2) is 0 Å². The van der Waals surface area contributed by atoms with Crippen LogP contribution in [0.1, 0.15) is 19.3 Å². The average molecular weight is 216 g/mol. The second-order valence-electron chi connectivity index (χ2n) is 5.08. The first kappa shape index (κ1) is 11.3. The smallest absolute Gasteiger partial charge is 0.0697 e. The normalized spacial score (nSPS) is 37.2. The van der Waals surface area contributed by atoms with Crippen LogP contribution in [0.4, 0.5) is 0 Å². The predicted octanol–water partition coefficient (Wildman–Crippen LogP) is 0.174. The Hall–Kier alpha value is -0.160. The zero-order valence-corrected chi connectivity index (χ0v) is 9.07. The van der Waals surface area contributed by atoms with Gasteiger partial charge in [-0.25, -0.2) is 0 Å². The number of aliphatic hydroxyl groups is 2. The van der Waals surface area contributed by atoms with E-state index in [0.29, 0.717) is 24.0 Å². The number of rotatable bonds is 8. The van der Waals surface area contributed by atoms with E-state index in [2.05, 4.69) is 0 Å². The van der Waals surface area contributed by atoms with Gasteiger partial charge in [-0.15, -0.1) is 0 Å². The molecule has 2 N–H and O–H groups in total. The lowest BCUT2D eigenvalue weighted by Crippen LogP contribution is -2.65. The van der Waals surface area contributed by atoms with E-state index in [1.165, 1.54) is 19.3 Å². The molecule has 0 saturated heterocycles. The second kappa shape index (κ2) is 4.37. The van der Waals surface area contributed by atoms with Gasteiger partial charge in [0.25, 0.3) is 0 Å². The lowest BCUT2D eigenvalue weighted by molar-refractivity contribution is -0.254. The zero-order valence-electron chi connectivity index (χ0n) is 9.07. The molecule has 4 nitrogen and oxygen atoms in total. The molecule has 0 spiro atoms. The lowest BCUT2D eigenvalue weighted by Gasteiger charge is -2.70. The van der Waals surface area contributed by atoms with Crippen LogP contribution in [0.25, 0.3) is 0 Å². The van der Waals surface area contributed by atoms with Gasteiger partial charge in [-0.2, -0.15) is 0 Å². The van der Waals surface area contributed by atoms with Crippen molar-refractivity contribution in [3.63, 3.8) is 0 Å². The molecule has 15 heavy (non-hydrogen) atoms. The molecule has 2 bridgehead atoms. The Balaban J connectivity index is 1.58. The summed E-state index contributed by atoms with van der Waals surface area (Å²) in [6, 6.07) is 0. The van der Waals surface area contributed by atoms with E-state index < -0.39 is 0 Å². The van der Waals surface area contributed by atoms with Gasteiger partial charge >= 0.3 is 0 Å². The highest BCUT2D eigenvalue weighted by Gasteiger charge is 2.67. The summed E-state index contributed by atoms with van der Waals surface area (Å²) in [4.78, 5) is 0. The molecule has 4 heteroatoms. The van der Waals surface area contributed by atoms with E-state index in [1.54, 1.807) is 0 Å². The Morgan fingerprint density at radius 1 is 0.800 bits per heavy atom.